The van der Waals surface area contributed by atoms with Crippen molar-refractivity contribution in [2.45, 2.75) is 52.1 Å². The summed E-state index contributed by atoms with van der Waals surface area (Å²) in [4.78, 5) is 8.60. The fraction of sp³-hybridized carbons (Fsp3) is 0.714. The molecule has 1 saturated carbocycles. The summed E-state index contributed by atoms with van der Waals surface area (Å²) in [6.07, 6.45) is 9.62. The topological polar surface area (TPSA) is 47.0 Å². The first kappa shape index (κ1) is 13.1. The Morgan fingerprint density at radius 1 is 1.28 bits per heavy atom. The quantitative estimate of drug-likeness (QED) is 0.870. The molecule has 4 nitrogen and oxygen atoms in total. The zero-order valence-corrected chi connectivity index (χ0v) is 11.4. The molecule has 0 unspecified atom stereocenters. The van der Waals surface area contributed by atoms with Crippen molar-refractivity contribution >= 4 is 5.82 Å². The zero-order chi connectivity index (χ0) is 12.8. The smallest absolute Gasteiger partial charge is 0.234 e. The fourth-order valence-electron chi connectivity index (χ4n) is 2.26. The molecular formula is C14H23N3O. The Kier molecular flexibility index (Phi) is 4.79. The van der Waals surface area contributed by atoms with Gasteiger partial charge in [0.05, 0.1) is 12.4 Å². The van der Waals surface area contributed by atoms with Crippen LogP contribution in [0.1, 0.15) is 46.0 Å². The lowest BCUT2D eigenvalue weighted by atomic mass is 9.89. The van der Waals surface area contributed by atoms with Crippen molar-refractivity contribution in [3.8, 4) is 5.88 Å². The average Bonchev–Trinajstić information content (AvgIpc) is 2.40. The Labute approximate surface area is 109 Å². The molecule has 0 atom stereocenters. The normalized spacial score (nSPS) is 23.7. The molecule has 0 aromatic carbocycles. The predicted octanol–water partition coefficient (Wildman–Crippen LogP) is 3.26. The largest absolute Gasteiger partial charge is 0.473 e. The minimum Gasteiger partial charge on any atom is -0.473 e. The lowest BCUT2D eigenvalue weighted by Crippen LogP contribution is -2.23. The highest BCUT2D eigenvalue weighted by Crippen LogP contribution is 2.26. The van der Waals surface area contributed by atoms with Crippen molar-refractivity contribution < 1.29 is 4.74 Å². The molecule has 18 heavy (non-hydrogen) atoms. The third kappa shape index (κ3) is 3.86. The van der Waals surface area contributed by atoms with E-state index in [4.69, 9.17) is 4.74 Å². The van der Waals surface area contributed by atoms with E-state index in [-0.39, 0.29) is 0 Å². The van der Waals surface area contributed by atoms with Crippen LogP contribution in [0.15, 0.2) is 12.4 Å². The molecule has 1 aromatic heterocycles. The van der Waals surface area contributed by atoms with Crippen molar-refractivity contribution in [1.29, 1.82) is 0 Å². The van der Waals surface area contributed by atoms with Crippen LogP contribution in [0.2, 0.25) is 0 Å². The summed E-state index contributed by atoms with van der Waals surface area (Å²) in [6, 6.07) is 0. The average molecular weight is 249 g/mol. The number of ether oxygens (including phenoxy) is 1. The van der Waals surface area contributed by atoms with Gasteiger partial charge in [-0.05, 0) is 38.0 Å². The van der Waals surface area contributed by atoms with Gasteiger partial charge in [-0.15, -0.1) is 0 Å². The van der Waals surface area contributed by atoms with Crippen LogP contribution < -0.4 is 10.1 Å². The molecule has 4 heteroatoms. The summed E-state index contributed by atoms with van der Waals surface area (Å²) in [5.41, 5.74) is 0. The molecule has 1 aliphatic rings. The van der Waals surface area contributed by atoms with E-state index in [1.165, 1.54) is 12.8 Å². The van der Waals surface area contributed by atoms with Crippen molar-refractivity contribution in [2.24, 2.45) is 5.92 Å². The van der Waals surface area contributed by atoms with E-state index in [0.29, 0.717) is 12.0 Å². The van der Waals surface area contributed by atoms with Crippen LogP contribution in [0.25, 0.3) is 0 Å². The molecule has 1 heterocycles. The van der Waals surface area contributed by atoms with Crippen LogP contribution in [0.3, 0.4) is 0 Å². The first-order valence-electron chi connectivity index (χ1n) is 7.00. The SMILES string of the molecule is CCCNc1cncc(OC2CCC(C)CC2)n1. The van der Waals surface area contributed by atoms with Crippen LogP contribution in [-0.2, 0) is 0 Å². The van der Waals surface area contributed by atoms with E-state index in [2.05, 4.69) is 29.1 Å². The second-order valence-electron chi connectivity index (χ2n) is 5.17. The summed E-state index contributed by atoms with van der Waals surface area (Å²) >= 11 is 0. The summed E-state index contributed by atoms with van der Waals surface area (Å²) in [6.45, 7) is 5.36. The minimum absolute atomic E-state index is 0.317. The Hall–Kier alpha value is -1.32. The Balaban J connectivity index is 1.88. The number of hydrogen-bond acceptors (Lipinski definition) is 4. The Morgan fingerprint density at radius 3 is 2.78 bits per heavy atom. The number of nitrogens with one attached hydrogen (secondary N) is 1. The predicted molar refractivity (Wildman–Crippen MR) is 72.9 cm³/mol. The van der Waals surface area contributed by atoms with Gasteiger partial charge in [-0.3, -0.25) is 4.98 Å². The molecular weight excluding hydrogens is 226 g/mol. The maximum Gasteiger partial charge on any atom is 0.234 e. The molecule has 0 saturated heterocycles. The Bertz CT molecular complexity index is 362. The molecule has 0 bridgehead atoms. The molecule has 0 radical (unpaired) electrons. The molecule has 0 spiro atoms. The second-order valence-corrected chi connectivity index (χ2v) is 5.17. The van der Waals surface area contributed by atoms with Crippen LogP contribution in [0, 0.1) is 5.92 Å². The zero-order valence-electron chi connectivity index (χ0n) is 11.4. The van der Waals surface area contributed by atoms with Crippen molar-refractivity contribution in [3.63, 3.8) is 0 Å². The maximum absolute atomic E-state index is 5.91. The molecule has 1 aliphatic carbocycles. The van der Waals surface area contributed by atoms with Gasteiger partial charge in [0.1, 0.15) is 11.9 Å². The van der Waals surface area contributed by atoms with Gasteiger partial charge >= 0.3 is 0 Å². The van der Waals surface area contributed by atoms with Gasteiger partial charge in [0.15, 0.2) is 0 Å². The number of anilines is 1. The van der Waals surface area contributed by atoms with Crippen molar-refractivity contribution in [2.75, 3.05) is 11.9 Å². The van der Waals surface area contributed by atoms with Gasteiger partial charge in [-0.1, -0.05) is 13.8 Å². The standard InChI is InChI=1S/C14H23N3O/c1-3-8-16-13-9-15-10-14(17-13)18-12-6-4-11(2)5-7-12/h9-12H,3-8H2,1-2H3,(H,16,17). The lowest BCUT2D eigenvalue weighted by molar-refractivity contribution is 0.130. The summed E-state index contributed by atoms with van der Waals surface area (Å²) in [7, 11) is 0. The molecule has 1 aromatic rings. The van der Waals surface area contributed by atoms with Crippen LogP contribution in [-0.4, -0.2) is 22.6 Å². The van der Waals surface area contributed by atoms with Gasteiger partial charge in [0.25, 0.3) is 0 Å². The molecule has 1 fully saturated rings. The van der Waals surface area contributed by atoms with E-state index < -0.39 is 0 Å². The molecule has 0 aliphatic heterocycles. The van der Waals surface area contributed by atoms with Crippen LogP contribution in [0.5, 0.6) is 5.88 Å². The number of aromatic nitrogens is 2. The highest BCUT2D eigenvalue weighted by molar-refractivity contribution is 5.33. The molecule has 1 N–H and O–H groups in total. The van der Waals surface area contributed by atoms with E-state index in [9.17, 15) is 0 Å². The number of nitrogens with zero attached hydrogens (tertiary/aromatic N) is 2. The summed E-state index contributed by atoms with van der Waals surface area (Å²) < 4.78 is 5.91. The maximum atomic E-state index is 5.91. The van der Waals surface area contributed by atoms with Crippen LogP contribution >= 0.6 is 0 Å². The summed E-state index contributed by atoms with van der Waals surface area (Å²) in [5, 5.41) is 3.23. The van der Waals surface area contributed by atoms with Gasteiger partial charge in [0, 0.05) is 6.54 Å². The van der Waals surface area contributed by atoms with E-state index in [1.807, 2.05) is 0 Å². The molecule has 0 amide bonds. The lowest BCUT2D eigenvalue weighted by Gasteiger charge is -2.26. The van der Waals surface area contributed by atoms with Crippen LogP contribution in [0.4, 0.5) is 5.82 Å². The van der Waals surface area contributed by atoms with E-state index in [1.54, 1.807) is 12.4 Å². The number of hydrogen-bond donors (Lipinski definition) is 1. The van der Waals surface area contributed by atoms with Gasteiger partial charge in [-0.25, -0.2) is 0 Å². The Morgan fingerprint density at radius 2 is 2.06 bits per heavy atom. The monoisotopic (exact) mass is 249 g/mol. The molecule has 2 rings (SSSR count). The number of rotatable bonds is 5. The van der Waals surface area contributed by atoms with Gasteiger partial charge < -0.3 is 10.1 Å². The fourth-order valence-corrected chi connectivity index (χ4v) is 2.26. The highest BCUT2D eigenvalue weighted by Gasteiger charge is 2.19. The van der Waals surface area contributed by atoms with Gasteiger partial charge in [0.2, 0.25) is 5.88 Å². The van der Waals surface area contributed by atoms with Crippen molar-refractivity contribution in [3.05, 3.63) is 12.4 Å². The van der Waals surface area contributed by atoms with E-state index in [0.717, 1.165) is 37.5 Å². The highest BCUT2D eigenvalue weighted by atomic mass is 16.5. The molecule has 100 valence electrons. The summed E-state index contributed by atoms with van der Waals surface area (Å²) in [5.74, 6) is 2.29. The third-order valence-electron chi connectivity index (χ3n) is 3.42. The van der Waals surface area contributed by atoms with Gasteiger partial charge in [-0.2, -0.15) is 4.98 Å². The second kappa shape index (κ2) is 6.57. The minimum atomic E-state index is 0.317. The van der Waals surface area contributed by atoms with Crippen molar-refractivity contribution in [1.82, 2.24) is 9.97 Å². The van der Waals surface area contributed by atoms with E-state index >= 15 is 0 Å². The third-order valence-corrected chi connectivity index (χ3v) is 3.42. The first-order valence-corrected chi connectivity index (χ1v) is 7.00. The first-order chi connectivity index (χ1) is 8.78.